The Labute approximate surface area is 326 Å². The Morgan fingerprint density at radius 1 is 0.464 bits per heavy atom. The molecule has 4 heteroatoms. The van der Waals surface area contributed by atoms with Crippen molar-refractivity contribution in [3.8, 4) is 56.4 Å². The Bertz CT molecular complexity index is 2780. The molecule has 0 aliphatic carbocycles. The molecule has 9 aromatic rings. The monoisotopic (exact) mass is 716 g/mol. The van der Waals surface area contributed by atoms with Crippen LogP contribution in [0.3, 0.4) is 0 Å². The molecule has 0 spiro atoms. The Hall–Kier alpha value is -7.56. The second-order valence-corrected chi connectivity index (χ2v) is 13.6. The van der Waals surface area contributed by atoms with Crippen LogP contribution in [0.15, 0.2) is 207 Å². The predicted octanol–water partition coefficient (Wildman–Crippen LogP) is 13.2. The number of rotatable bonds is 9. The quantitative estimate of drug-likeness (QED) is 0.110. The van der Waals surface area contributed by atoms with Gasteiger partial charge in [0.1, 0.15) is 0 Å². The molecule has 0 saturated heterocycles. The van der Waals surface area contributed by atoms with Gasteiger partial charge < -0.3 is 0 Å². The van der Waals surface area contributed by atoms with Crippen LogP contribution in [0.5, 0.6) is 0 Å². The van der Waals surface area contributed by atoms with Crippen LogP contribution in [0, 0.1) is 0 Å². The van der Waals surface area contributed by atoms with Gasteiger partial charge in [0, 0.05) is 29.1 Å². The van der Waals surface area contributed by atoms with E-state index in [2.05, 4.69) is 127 Å². The highest BCUT2D eigenvalue weighted by Crippen LogP contribution is 2.38. The van der Waals surface area contributed by atoms with Gasteiger partial charge in [-0.15, -0.1) is 0 Å². The molecule has 0 atom stereocenters. The summed E-state index contributed by atoms with van der Waals surface area (Å²) in [6.07, 6.45) is 11.7. The van der Waals surface area contributed by atoms with Gasteiger partial charge in [-0.1, -0.05) is 170 Å². The average Bonchev–Trinajstić information content (AvgIpc) is 3.27. The fourth-order valence-electron chi connectivity index (χ4n) is 7.21. The molecule has 4 nitrogen and oxygen atoms in total. The van der Waals surface area contributed by atoms with E-state index >= 15 is 0 Å². The topological polar surface area (TPSA) is 51.6 Å². The van der Waals surface area contributed by atoms with Gasteiger partial charge in [-0.25, -0.2) is 15.0 Å². The Kier molecular flexibility index (Phi) is 9.43. The summed E-state index contributed by atoms with van der Waals surface area (Å²) in [7, 11) is 0. The normalized spacial score (nSPS) is 11.7. The molecule has 56 heavy (non-hydrogen) atoms. The molecular weight excluding hydrogens is 681 g/mol. The van der Waals surface area contributed by atoms with Gasteiger partial charge in [0.25, 0.3) is 0 Å². The average molecular weight is 717 g/mol. The smallest absolute Gasteiger partial charge is 0.164 e. The van der Waals surface area contributed by atoms with E-state index < -0.39 is 0 Å². The van der Waals surface area contributed by atoms with Crippen LogP contribution in [-0.4, -0.2) is 19.9 Å². The van der Waals surface area contributed by atoms with Crippen molar-refractivity contribution in [2.24, 2.45) is 0 Å². The van der Waals surface area contributed by atoms with E-state index in [0.717, 1.165) is 44.5 Å². The second kappa shape index (κ2) is 15.4. The van der Waals surface area contributed by atoms with Gasteiger partial charge in [0.15, 0.2) is 17.5 Å². The first-order valence-electron chi connectivity index (χ1n) is 18.6. The van der Waals surface area contributed by atoms with Gasteiger partial charge in [-0.05, 0) is 90.8 Å². The van der Waals surface area contributed by atoms with Gasteiger partial charge in [0.05, 0.1) is 0 Å². The highest BCUT2D eigenvalue weighted by atomic mass is 15.0. The van der Waals surface area contributed by atoms with E-state index in [1.807, 2.05) is 85.1 Å². The Morgan fingerprint density at radius 3 is 1.61 bits per heavy atom. The third-order valence-electron chi connectivity index (χ3n) is 9.97. The number of allylic oxidation sites excluding steroid dienone is 4. The van der Waals surface area contributed by atoms with E-state index in [1.54, 1.807) is 6.20 Å². The van der Waals surface area contributed by atoms with Crippen LogP contribution in [0.4, 0.5) is 0 Å². The molecule has 0 bridgehead atoms. The standard InChI is InChI=1S/C52H36N4/c1-2-37(44-23-14-30-53-35-44)22-13-15-36-31-45(38-26-28-39(29-27-38)49-47-24-11-9-20-42(47)33-43-21-10-12-25-48(43)49)34-46(32-36)52-55-50(40-16-5-3-6-17-40)54-51(56-52)41-18-7-4-8-19-41/h2-35H,1H2/b15-13+,37-22+. The van der Waals surface area contributed by atoms with Crippen molar-refractivity contribution in [3.05, 3.63) is 218 Å². The maximum Gasteiger partial charge on any atom is 0.164 e. The molecule has 9 rings (SSSR count). The zero-order valence-corrected chi connectivity index (χ0v) is 30.6. The molecule has 2 aromatic heterocycles. The first-order chi connectivity index (χ1) is 27.7. The molecule has 0 fully saturated rings. The van der Waals surface area contributed by atoms with Gasteiger partial charge in [0.2, 0.25) is 0 Å². The SMILES string of the molecule is C=C/C(=C\C=C\c1cc(-c2ccc(-c3c4ccccc4cc4ccccc34)cc2)cc(-c2nc(-c3ccccc3)nc(-c3ccccc3)n2)c1)c1cccnc1. The molecule has 0 N–H and O–H groups in total. The summed E-state index contributed by atoms with van der Waals surface area (Å²) in [4.78, 5) is 19.4. The summed E-state index contributed by atoms with van der Waals surface area (Å²) in [5, 5.41) is 4.94. The number of aromatic nitrogens is 4. The lowest BCUT2D eigenvalue weighted by molar-refractivity contribution is 1.07. The minimum absolute atomic E-state index is 0.603. The van der Waals surface area contributed by atoms with Crippen molar-refractivity contribution in [1.82, 2.24) is 19.9 Å². The van der Waals surface area contributed by atoms with Gasteiger partial charge in [-0.3, -0.25) is 4.98 Å². The third-order valence-corrected chi connectivity index (χ3v) is 9.97. The Balaban J connectivity index is 1.18. The molecule has 2 heterocycles. The first-order valence-corrected chi connectivity index (χ1v) is 18.6. The largest absolute Gasteiger partial charge is 0.264 e. The molecular formula is C52H36N4. The summed E-state index contributed by atoms with van der Waals surface area (Å²) in [6, 6.07) is 59.1. The molecule has 0 unspecified atom stereocenters. The number of fused-ring (bicyclic) bond motifs is 2. The van der Waals surface area contributed by atoms with Crippen LogP contribution in [0.2, 0.25) is 0 Å². The van der Waals surface area contributed by atoms with Crippen molar-refractivity contribution in [2.45, 2.75) is 0 Å². The van der Waals surface area contributed by atoms with Crippen molar-refractivity contribution in [3.63, 3.8) is 0 Å². The van der Waals surface area contributed by atoms with E-state index in [4.69, 9.17) is 15.0 Å². The van der Waals surface area contributed by atoms with Gasteiger partial charge >= 0.3 is 0 Å². The van der Waals surface area contributed by atoms with Crippen molar-refractivity contribution < 1.29 is 0 Å². The second-order valence-electron chi connectivity index (χ2n) is 13.6. The summed E-state index contributed by atoms with van der Waals surface area (Å²) >= 11 is 0. The van der Waals surface area contributed by atoms with E-state index in [-0.39, 0.29) is 0 Å². The molecule has 0 aliphatic rings. The molecule has 0 aliphatic heterocycles. The Morgan fingerprint density at radius 2 is 1.02 bits per heavy atom. The number of hydrogen-bond acceptors (Lipinski definition) is 4. The molecule has 7 aromatic carbocycles. The summed E-state index contributed by atoms with van der Waals surface area (Å²) < 4.78 is 0. The molecule has 0 radical (unpaired) electrons. The van der Waals surface area contributed by atoms with Crippen LogP contribution in [0.1, 0.15) is 11.1 Å². The number of pyridine rings is 1. The minimum atomic E-state index is 0.603. The maximum atomic E-state index is 5.07. The van der Waals surface area contributed by atoms with Crippen LogP contribution >= 0.6 is 0 Å². The van der Waals surface area contributed by atoms with Gasteiger partial charge in [-0.2, -0.15) is 0 Å². The van der Waals surface area contributed by atoms with Crippen LogP contribution < -0.4 is 0 Å². The zero-order chi connectivity index (χ0) is 37.7. The lowest BCUT2D eigenvalue weighted by Gasteiger charge is -2.14. The number of benzene rings is 7. The van der Waals surface area contributed by atoms with E-state index in [0.29, 0.717) is 17.5 Å². The van der Waals surface area contributed by atoms with E-state index in [1.165, 1.54) is 32.7 Å². The van der Waals surface area contributed by atoms with Crippen LogP contribution in [0.25, 0.3) is 89.6 Å². The third kappa shape index (κ3) is 7.07. The zero-order valence-electron chi connectivity index (χ0n) is 30.6. The lowest BCUT2D eigenvalue weighted by atomic mass is 9.91. The number of nitrogens with zero attached hydrogens (tertiary/aromatic N) is 4. The van der Waals surface area contributed by atoms with Crippen molar-refractivity contribution in [2.75, 3.05) is 0 Å². The first kappa shape index (κ1) is 34.2. The molecule has 264 valence electrons. The van der Waals surface area contributed by atoms with Crippen LogP contribution in [-0.2, 0) is 0 Å². The fraction of sp³-hybridized carbons (Fsp3) is 0. The summed E-state index contributed by atoms with van der Waals surface area (Å²) in [5.41, 5.74) is 10.3. The molecule has 0 amide bonds. The van der Waals surface area contributed by atoms with Crippen molar-refractivity contribution in [1.29, 1.82) is 0 Å². The highest BCUT2D eigenvalue weighted by Gasteiger charge is 2.15. The summed E-state index contributed by atoms with van der Waals surface area (Å²) in [5.74, 6) is 1.85. The minimum Gasteiger partial charge on any atom is -0.264 e. The highest BCUT2D eigenvalue weighted by molar-refractivity contribution is 6.12. The fourth-order valence-corrected chi connectivity index (χ4v) is 7.21. The lowest BCUT2D eigenvalue weighted by Crippen LogP contribution is -2.00. The van der Waals surface area contributed by atoms with E-state index in [9.17, 15) is 0 Å². The molecule has 0 saturated carbocycles. The number of hydrogen-bond donors (Lipinski definition) is 0. The predicted molar refractivity (Wildman–Crippen MR) is 233 cm³/mol. The summed E-state index contributed by atoms with van der Waals surface area (Å²) in [6.45, 7) is 4.05. The van der Waals surface area contributed by atoms with Crippen molar-refractivity contribution >= 4 is 33.2 Å². The maximum absolute atomic E-state index is 5.07.